The Morgan fingerprint density at radius 3 is 2.87 bits per heavy atom. The fourth-order valence-corrected chi connectivity index (χ4v) is 1.94. The number of rotatable bonds is 0. The Labute approximate surface area is 89.3 Å². The van der Waals surface area contributed by atoms with E-state index in [1.807, 2.05) is 4.90 Å². The molecular weight excluding hydrogens is 192 g/mol. The molecule has 0 N–H and O–H groups in total. The fraction of sp³-hybridized carbons (Fsp3) is 0.600. The third-order valence-corrected chi connectivity index (χ3v) is 2.80. The summed E-state index contributed by atoms with van der Waals surface area (Å²) in [7, 11) is 2.08. The number of likely N-dealkylation sites (N-methyl/N-ethyl adjacent to an activating group) is 1. The molecule has 0 bridgehead atoms. The highest BCUT2D eigenvalue weighted by Crippen LogP contribution is 2.09. The summed E-state index contributed by atoms with van der Waals surface area (Å²) in [6.45, 7) is 4.73. The summed E-state index contributed by atoms with van der Waals surface area (Å²) < 4.78 is 1.53. The molecule has 0 saturated carbocycles. The van der Waals surface area contributed by atoms with E-state index in [-0.39, 0.29) is 12.1 Å². The molecule has 1 atom stereocenters. The zero-order chi connectivity index (χ0) is 10.8. The maximum absolute atomic E-state index is 12.0. The van der Waals surface area contributed by atoms with Gasteiger partial charge in [-0.3, -0.25) is 4.57 Å². The smallest absolute Gasteiger partial charge is 0.319 e. The van der Waals surface area contributed by atoms with Crippen LogP contribution in [0, 0.1) is 0 Å². The predicted octanol–water partition coefficient (Wildman–Crippen LogP) is 0.487. The molecule has 0 spiro atoms. The molecule has 0 aliphatic carbocycles. The third kappa shape index (κ3) is 2.02. The van der Waals surface area contributed by atoms with Crippen LogP contribution in [0.15, 0.2) is 18.7 Å². The summed E-state index contributed by atoms with van der Waals surface area (Å²) >= 11 is 0. The average Bonchev–Trinajstić information content (AvgIpc) is 2.69. The first kappa shape index (κ1) is 10.2. The quantitative estimate of drug-likeness (QED) is 0.623. The van der Waals surface area contributed by atoms with Crippen molar-refractivity contribution in [1.29, 1.82) is 0 Å². The van der Waals surface area contributed by atoms with Crippen LogP contribution >= 0.6 is 0 Å². The molecule has 1 fully saturated rings. The molecule has 5 heteroatoms. The van der Waals surface area contributed by atoms with Crippen molar-refractivity contribution in [3.8, 4) is 0 Å². The van der Waals surface area contributed by atoms with Crippen molar-refractivity contribution in [3.63, 3.8) is 0 Å². The number of aromatic nitrogens is 2. The van der Waals surface area contributed by atoms with Gasteiger partial charge in [0.1, 0.15) is 6.33 Å². The average molecular weight is 208 g/mol. The van der Waals surface area contributed by atoms with E-state index in [0.717, 1.165) is 19.6 Å². The Morgan fingerprint density at radius 1 is 1.47 bits per heavy atom. The molecule has 0 radical (unpaired) electrons. The largest absolute Gasteiger partial charge is 0.329 e. The Hall–Kier alpha value is -1.36. The van der Waals surface area contributed by atoms with E-state index in [9.17, 15) is 4.79 Å². The number of amides is 1. The summed E-state index contributed by atoms with van der Waals surface area (Å²) in [5, 5.41) is 0. The normalized spacial score (nSPS) is 23.1. The van der Waals surface area contributed by atoms with Crippen LogP contribution in [0.3, 0.4) is 0 Å². The van der Waals surface area contributed by atoms with Gasteiger partial charge in [0.15, 0.2) is 0 Å². The summed E-state index contributed by atoms with van der Waals surface area (Å²) in [6, 6.07) is 0.284. The molecule has 1 aromatic rings. The molecule has 1 aromatic heterocycles. The number of imidazole rings is 1. The van der Waals surface area contributed by atoms with Gasteiger partial charge in [0.05, 0.1) is 0 Å². The first-order chi connectivity index (χ1) is 7.18. The Morgan fingerprint density at radius 2 is 2.27 bits per heavy atom. The van der Waals surface area contributed by atoms with Crippen LogP contribution in [0.2, 0.25) is 0 Å². The van der Waals surface area contributed by atoms with E-state index in [2.05, 4.69) is 23.9 Å². The lowest BCUT2D eigenvalue weighted by molar-refractivity contribution is 0.118. The van der Waals surface area contributed by atoms with Gasteiger partial charge in [-0.2, -0.15) is 0 Å². The molecule has 5 nitrogen and oxygen atoms in total. The number of nitrogens with zero attached hydrogens (tertiary/aromatic N) is 4. The van der Waals surface area contributed by atoms with Crippen molar-refractivity contribution in [3.05, 3.63) is 18.7 Å². The number of piperazine rings is 1. The van der Waals surface area contributed by atoms with Gasteiger partial charge >= 0.3 is 6.03 Å². The molecule has 1 aliphatic rings. The van der Waals surface area contributed by atoms with Gasteiger partial charge in [-0.1, -0.05) is 0 Å². The predicted molar refractivity (Wildman–Crippen MR) is 56.7 cm³/mol. The molecule has 1 unspecified atom stereocenters. The maximum atomic E-state index is 12.0. The van der Waals surface area contributed by atoms with Crippen molar-refractivity contribution >= 4 is 6.03 Å². The first-order valence-electron chi connectivity index (χ1n) is 5.16. The zero-order valence-corrected chi connectivity index (χ0v) is 9.13. The van der Waals surface area contributed by atoms with Gasteiger partial charge in [0, 0.05) is 38.1 Å². The van der Waals surface area contributed by atoms with Crippen LogP contribution in [0.4, 0.5) is 4.79 Å². The van der Waals surface area contributed by atoms with Crippen molar-refractivity contribution in [2.24, 2.45) is 0 Å². The Kier molecular flexibility index (Phi) is 2.73. The number of carbonyl (C=O) groups excluding carboxylic acids is 1. The fourth-order valence-electron chi connectivity index (χ4n) is 1.94. The van der Waals surface area contributed by atoms with E-state index in [1.165, 1.54) is 4.57 Å². The minimum atomic E-state index is 0.0214. The van der Waals surface area contributed by atoms with E-state index in [4.69, 9.17) is 0 Å². The third-order valence-electron chi connectivity index (χ3n) is 2.80. The summed E-state index contributed by atoms with van der Waals surface area (Å²) in [5.74, 6) is 0. The van der Waals surface area contributed by atoms with E-state index in [0.29, 0.717) is 0 Å². The summed E-state index contributed by atoms with van der Waals surface area (Å²) in [5.41, 5.74) is 0. The molecule has 2 rings (SSSR count). The van der Waals surface area contributed by atoms with Crippen molar-refractivity contribution in [1.82, 2.24) is 19.4 Å². The van der Waals surface area contributed by atoms with E-state index < -0.39 is 0 Å². The van der Waals surface area contributed by atoms with Crippen LogP contribution < -0.4 is 0 Å². The molecular formula is C10H16N4O. The highest BCUT2D eigenvalue weighted by Gasteiger charge is 2.26. The number of carbonyl (C=O) groups is 1. The number of hydrogen-bond donors (Lipinski definition) is 0. The monoisotopic (exact) mass is 208 g/mol. The molecule has 15 heavy (non-hydrogen) atoms. The SMILES string of the molecule is CC1CN(C)CCN1C(=O)n1ccnc1. The molecule has 0 aromatic carbocycles. The lowest BCUT2D eigenvalue weighted by atomic mass is 10.2. The van der Waals surface area contributed by atoms with Crippen LogP contribution in [0.1, 0.15) is 6.92 Å². The summed E-state index contributed by atoms with van der Waals surface area (Å²) in [4.78, 5) is 20.0. The topological polar surface area (TPSA) is 41.4 Å². The van der Waals surface area contributed by atoms with Crippen LogP contribution in [0.5, 0.6) is 0 Å². The molecule has 1 amide bonds. The Bertz CT molecular complexity index is 335. The zero-order valence-electron chi connectivity index (χ0n) is 9.13. The molecule has 1 saturated heterocycles. The van der Waals surface area contributed by atoms with Gasteiger partial charge in [-0.05, 0) is 14.0 Å². The van der Waals surface area contributed by atoms with Crippen LogP contribution in [-0.2, 0) is 0 Å². The van der Waals surface area contributed by atoms with E-state index >= 15 is 0 Å². The van der Waals surface area contributed by atoms with Crippen LogP contribution in [0.25, 0.3) is 0 Å². The first-order valence-corrected chi connectivity index (χ1v) is 5.16. The Balaban J connectivity index is 2.08. The lowest BCUT2D eigenvalue weighted by Crippen LogP contribution is -2.53. The van der Waals surface area contributed by atoms with Crippen molar-refractivity contribution in [2.75, 3.05) is 26.7 Å². The highest BCUT2D eigenvalue weighted by atomic mass is 16.2. The standard InChI is InChI=1S/C10H16N4O/c1-9-7-12(2)5-6-14(9)10(15)13-4-3-11-8-13/h3-4,8-9H,5-7H2,1-2H3. The maximum Gasteiger partial charge on any atom is 0.329 e. The molecule has 1 aliphatic heterocycles. The van der Waals surface area contributed by atoms with Crippen LogP contribution in [-0.4, -0.2) is 58.1 Å². The molecule has 2 heterocycles. The second-order valence-electron chi connectivity index (χ2n) is 4.06. The minimum absolute atomic E-state index is 0.0214. The van der Waals surface area contributed by atoms with Gasteiger partial charge in [-0.25, -0.2) is 9.78 Å². The minimum Gasteiger partial charge on any atom is -0.319 e. The second-order valence-corrected chi connectivity index (χ2v) is 4.06. The van der Waals surface area contributed by atoms with Crippen molar-refractivity contribution in [2.45, 2.75) is 13.0 Å². The number of hydrogen-bond acceptors (Lipinski definition) is 3. The van der Waals surface area contributed by atoms with Crippen molar-refractivity contribution < 1.29 is 4.79 Å². The highest BCUT2D eigenvalue weighted by molar-refractivity contribution is 5.77. The van der Waals surface area contributed by atoms with Gasteiger partial charge in [0.25, 0.3) is 0 Å². The molecule has 82 valence electrons. The summed E-state index contributed by atoms with van der Waals surface area (Å²) in [6.07, 6.45) is 4.86. The lowest BCUT2D eigenvalue weighted by Gasteiger charge is -2.37. The second kappa shape index (κ2) is 4.02. The van der Waals surface area contributed by atoms with Gasteiger partial charge < -0.3 is 9.80 Å². The van der Waals surface area contributed by atoms with Gasteiger partial charge in [0.2, 0.25) is 0 Å². The van der Waals surface area contributed by atoms with Gasteiger partial charge in [-0.15, -0.1) is 0 Å². The van der Waals surface area contributed by atoms with E-state index in [1.54, 1.807) is 18.7 Å².